The van der Waals surface area contributed by atoms with Crippen LogP contribution in [0.1, 0.15) is 32.1 Å². The number of primary amides is 1. The Morgan fingerprint density at radius 3 is 2.78 bits per heavy atom. The van der Waals surface area contributed by atoms with Crippen molar-refractivity contribution in [2.75, 3.05) is 11.1 Å². The Morgan fingerprint density at radius 2 is 2.06 bits per heavy atom. The highest BCUT2D eigenvalue weighted by Gasteiger charge is 2.24. The molecule has 0 aliphatic heterocycles. The number of benzene rings is 1. The highest BCUT2D eigenvalue weighted by Crippen LogP contribution is 2.19. The number of furan rings is 1. The van der Waals surface area contributed by atoms with E-state index in [1.54, 1.807) is 30.3 Å². The van der Waals surface area contributed by atoms with Crippen LogP contribution in [0.25, 0.3) is 5.82 Å². The van der Waals surface area contributed by atoms with Gasteiger partial charge in [0.15, 0.2) is 5.69 Å². The molecule has 4 rings (SSSR count). The van der Waals surface area contributed by atoms with E-state index in [-0.39, 0.29) is 35.1 Å². The highest BCUT2D eigenvalue weighted by molar-refractivity contribution is 5.98. The number of amides is 2. The van der Waals surface area contributed by atoms with Crippen molar-refractivity contribution in [2.45, 2.75) is 6.54 Å². The van der Waals surface area contributed by atoms with Crippen LogP contribution in [0.5, 0.6) is 0 Å². The van der Waals surface area contributed by atoms with Crippen molar-refractivity contribution in [1.82, 2.24) is 30.7 Å². The predicted molar refractivity (Wildman–Crippen MR) is 110 cm³/mol. The number of aromatic nitrogens is 5. The summed E-state index contributed by atoms with van der Waals surface area (Å²) in [5.41, 5.74) is 15.1. The van der Waals surface area contributed by atoms with E-state index in [4.69, 9.17) is 15.9 Å². The zero-order chi connectivity index (χ0) is 22.5. The van der Waals surface area contributed by atoms with Gasteiger partial charge in [0.1, 0.15) is 0 Å². The Morgan fingerprint density at radius 1 is 1.22 bits per heavy atom. The fourth-order valence-electron chi connectivity index (χ4n) is 2.74. The smallest absolute Gasteiger partial charge is 0.293 e. The van der Waals surface area contributed by atoms with Crippen LogP contribution in [0.3, 0.4) is 0 Å². The summed E-state index contributed by atoms with van der Waals surface area (Å²) in [6.45, 7) is -0.00219. The van der Waals surface area contributed by atoms with Gasteiger partial charge in [-0.15, -0.1) is 5.10 Å². The van der Waals surface area contributed by atoms with Gasteiger partial charge in [-0.3, -0.25) is 9.59 Å². The van der Waals surface area contributed by atoms with Gasteiger partial charge in [0.2, 0.25) is 11.6 Å². The predicted octanol–water partition coefficient (Wildman–Crippen LogP) is 0.300. The van der Waals surface area contributed by atoms with Crippen LogP contribution in [-0.4, -0.2) is 43.3 Å². The lowest BCUT2D eigenvalue weighted by Crippen LogP contribution is -2.22. The summed E-state index contributed by atoms with van der Waals surface area (Å²) in [5.74, 6) is -1.28. The minimum atomic E-state index is -0.647. The van der Waals surface area contributed by atoms with Crippen molar-refractivity contribution in [3.63, 3.8) is 0 Å². The van der Waals surface area contributed by atoms with E-state index in [0.717, 1.165) is 0 Å². The molecular formula is C18H16N10O4. The van der Waals surface area contributed by atoms with Gasteiger partial charge >= 0.3 is 0 Å². The molecule has 0 bridgehead atoms. The van der Waals surface area contributed by atoms with Crippen molar-refractivity contribution < 1.29 is 18.6 Å². The lowest BCUT2D eigenvalue weighted by molar-refractivity contribution is 0.0947. The number of hydrogen-bond acceptors (Lipinski definition) is 11. The summed E-state index contributed by atoms with van der Waals surface area (Å²) in [6, 6.07) is 8.29. The standard InChI is InChI=1S/C18H16N10O4/c19-15-17(26-32-25-15)28-13(8-21-12-4-2-1-3-11(12)16(20)29)14(23-27-28)18(30)24-22-7-10-5-6-31-9-10/h1-7,9,21H,8H2,(H2,19,25)(H2,20,29)(H,24,30). The van der Waals surface area contributed by atoms with Crippen molar-refractivity contribution in [3.8, 4) is 5.82 Å². The second kappa shape index (κ2) is 8.78. The van der Waals surface area contributed by atoms with Crippen LogP contribution in [-0.2, 0) is 6.54 Å². The van der Waals surface area contributed by atoms with E-state index in [1.807, 2.05) is 0 Å². The molecule has 0 atom stereocenters. The second-order valence-electron chi connectivity index (χ2n) is 6.29. The van der Waals surface area contributed by atoms with Crippen LogP contribution in [0, 0.1) is 0 Å². The molecule has 6 N–H and O–H groups in total. The average molecular weight is 436 g/mol. The Kier molecular flexibility index (Phi) is 5.56. The number of carbonyl (C=O) groups excluding carboxylic acids is 2. The Bertz CT molecular complexity index is 1270. The molecule has 0 spiro atoms. The first-order chi connectivity index (χ1) is 15.5. The number of carbonyl (C=O) groups is 2. The third kappa shape index (κ3) is 4.13. The number of nitrogen functional groups attached to an aromatic ring is 1. The number of rotatable bonds is 8. The summed E-state index contributed by atoms with van der Waals surface area (Å²) in [7, 11) is 0. The Labute approximate surface area is 179 Å². The Balaban J connectivity index is 1.63. The number of nitrogens with one attached hydrogen (secondary N) is 2. The summed E-state index contributed by atoms with van der Waals surface area (Å²) >= 11 is 0. The largest absolute Gasteiger partial charge is 0.472 e. The van der Waals surface area contributed by atoms with Crippen LogP contribution in [0.15, 0.2) is 57.0 Å². The molecular weight excluding hydrogens is 420 g/mol. The number of nitrogens with two attached hydrogens (primary N) is 2. The lowest BCUT2D eigenvalue weighted by atomic mass is 10.1. The molecule has 3 aromatic heterocycles. The van der Waals surface area contributed by atoms with E-state index in [2.05, 4.69) is 41.1 Å². The molecule has 162 valence electrons. The Hall–Kier alpha value is -5.01. The maximum absolute atomic E-state index is 12.7. The SMILES string of the molecule is NC(=O)c1ccccc1NCc1c(C(=O)NN=Cc2ccoc2)nnn1-c1nonc1N. The zero-order valence-electron chi connectivity index (χ0n) is 16.3. The van der Waals surface area contributed by atoms with E-state index in [9.17, 15) is 9.59 Å². The van der Waals surface area contributed by atoms with Crippen molar-refractivity contribution in [2.24, 2.45) is 10.8 Å². The maximum atomic E-state index is 12.7. The molecule has 32 heavy (non-hydrogen) atoms. The second-order valence-corrected chi connectivity index (χ2v) is 6.29. The summed E-state index contributed by atoms with van der Waals surface area (Å²) in [6.07, 6.45) is 4.32. The molecule has 0 saturated heterocycles. The number of hydrazone groups is 1. The van der Waals surface area contributed by atoms with Crippen molar-refractivity contribution >= 4 is 29.5 Å². The highest BCUT2D eigenvalue weighted by atomic mass is 16.6. The topological polar surface area (TPSA) is 205 Å². The normalized spacial score (nSPS) is 11.0. The maximum Gasteiger partial charge on any atom is 0.293 e. The molecule has 0 aliphatic rings. The molecule has 0 fully saturated rings. The van der Waals surface area contributed by atoms with Crippen LogP contribution >= 0.6 is 0 Å². The van der Waals surface area contributed by atoms with Crippen molar-refractivity contribution in [1.29, 1.82) is 0 Å². The molecule has 2 amide bonds. The van der Waals surface area contributed by atoms with Gasteiger partial charge in [-0.05, 0) is 28.5 Å². The molecule has 1 aromatic carbocycles. The quantitative estimate of drug-likeness (QED) is 0.219. The number of hydrogen-bond donors (Lipinski definition) is 4. The third-order valence-corrected chi connectivity index (χ3v) is 4.24. The van der Waals surface area contributed by atoms with Gasteiger partial charge in [-0.25, -0.2) is 10.1 Å². The van der Waals surface area contributed by atoms with Crippen LogP contribution in [0.4, 0.5) is 11.5 Å². The number of para-hydroxylation sites is 1. The third-order valence-electron chi connectivity index (χ3n) is 4.24. The van der Waals surface area contributed by atoms with E-state index < -0.39 is 11.8 Å². The van der Waals surface area contributed by atoms with Crippen LogP contribution < -0.4 is 22.2 Å². The van der Waals surface area contributed by atoms with E-state index >= 15 is 0 Å². The molecule has 14 nitrogen and oxygen atoms in total. The van der Waals surface area contributed by atoms with Crippen molar-refractivity contribution in [3.05, 3.63) is 65.4 Å². The number of anilines is 2. The average Bonchev–Trinajstić information content (AvgIpc) is 3.53. The first-order valence-corrected chi connectivity index (χ1v) is 9.06. The molecule has 4 aromatic rings. The molecule has 0 unspecified atom stereocenters. The molecule has 14 heteroatoms. The molecule has 0 saturated carbocycles. The minimum absolute atomic E-state index is 0.00219. The monoisotopic (exact) mass is 436 g/mol. The summed E-state index contributed by atoms with van der Waals surface area (Å²) < 4.78 is 10.7. The fraction of sp³-hybridized carbons (Fsp3) is 0.0556. The van der Waals surface area contributed by atoms with Gasteiger partial charge in [-0.2, -0.15) is 9.78 Å². The molecule has 3 heterocycles. The summed E-state index contributed by atoms with van der Waals surface area (Å²) in [4.78, 5) is 24.4. The zero-order valence-corrected chi connectivity index (χ0v) is 16.3. The first kappa shape index (κ1) is 20.3. The number of nitrogens with zero attached hydrogens (tertiary/aromatic N) is 6. The minimum Gasteiger partial charge on any atom is -0.472 e. The van der Waals surface area contributed by atoms with Gasteiger partial charge in [0.25, 0.3) is 11.8 Å². The lowest BCUT2D eigenvalue weighted by Gasteiger charge is -2.11. The van der Waals surface area contributed by atoms with Gasteiger partial charge < -0.3 is 21.2 Å². The fourth-order valence-corrected chi connectivity index (χ4v) is 2.74. The van der Waals surface area contributed by atoms with Crippen LogP contribution in [0.2, 0.25) is 0 Å². The van der Waals surface area contributed by atoms with Gasteiger partial charge in [0, 0.05) is 11.3 Å². The van der Waals surface area contributed by atoms with E-state index in [0.29, 0.717) is 11.3 Å². The van der Waals surface area contributed by atoms with E-state index in [1.165, 1.54) is 23.4 Å². The van der Waals surface area contributed by atoms with Gasteiger partial charge in [-0.1, -0.05) is 17.3 Å². The summed E-state index contributed by atoms with van der Waals surface area (Å²) in [5, 5.41) is 21.9. The molecule has 0 aliphatic carbocycles. The first-order valence-electron chi connectivity index (χ1n) is 9.06. The van der Waals surface area contributed by atoms with Gasteiger partial charge in [0.05, 0.1) is 36.5 Å². The molecule has 0 radical (unpaired) electrons.